The molecular formula is C14H15NO2S. The molecule has 1 fully saturated rings. The molecule has 0 atom stereocenters. The summed E-state index contributed by atoms with van der Waals surface area (Å²) >= 11 is 0. The monoisotopic (exact) mass is 261 g/mol. The summed E-state index contributed by atoms with van der Waals surface area (Å²) in [5.74, 6) is 0. The number of hydrogen-bond acceptors (Lipinski definition) is 2. The summed E-state index contributed by atoms with van der Waals surface area (Å²) in [6.07, 6.45) is 1.83. The standard InChI is InChI=1S/C14H15NO2S/c1-14(9-10-14)15-18(16,17)13-8-4-6-11-5-2-3-7-12(11)13/h2-8,15H,9-10H2,1H3. The Kier molecular flexibility index (Phi) is 2.47. The first kappa shape index (κ1) is 11.7. The van der Waals surface area contributed by atoms with Crippen LogP contribution in [0.25, 0.3) is 10.8 Å². The minimum Gasteiger partial charge on any atom is -0.207 e. The van der Waals surface area contributed by atoms with Crippen LogP contribution in [0.2, 0.25) is 0 Å². The smallest absolute Gasteiger partial charge is 0.207 e. The Balaban J connectivity index is 2.14. The molecule has 0 aromatic heterocycles. The van der Waals surface area contributed by atoms with Crippen molar-refractivity contribution >= 4 is 20.8 Å². The van der Waals surface area contributed by atoms with E-state index < -0.39 is 10.0 Å². The predicted molar refractivity (Wildman–Crippen MR) is 71.9 cm³/mol. The zero-order valence-electron chi connectivity index (χ0n) is 10.2. The van der Waals surface area contributed by atoms with E-state index in [9.17, 15) is 8.42 Å². The van der Waals surface area contributed by atoms with Crippen molar-refractivity contribution in [2.24, 2.45) is 0 Å². The average Bonchev–Trinajstić information content (AvgIpc) is 3.05. The Morgan fingerprint density at radius 1 is 1.06 bits per heavy atom. The van der Waals surface area contributed by atoms with Crippen LogP contribution in [0.3, 0.4) is 0 Å². The molecule has 0 unspecified atom stereocenters. The van der Waals surface area contributed by atoms with Crippen molar-refractivity contribution in [1.82, 2.24) is 4.72 Å². The number of rotatable bonds is 3. The van der Waals surface area contributed by atoms with Gasteiger partial charge in [-0.15, -0.1) is 0 Å². The van der Waals surface area contributed by atoms with Gasteiger partial charge in [0.2, 0.25) is 10.0 Å². The maximum absolute atomic E-state index is 12.4. The minimum absolute atomic E-state index is 0.240. The summed E-state index contributed by atoms with van der Waals surface area (Å²) < 4.78 is 27.6. The predicted octanol–water partition coefficient (Wildman–Crippen LogP) is 2.67. The van der Waals surface area contributed by atoms with Crippen molar-refractivity contribution in [2.45, 2.75) is 30.2 Å². The molecule has 0 amide bonds. The van der Waals surface area contributed by atoms with Crippen LogP contribution in [0.4, 0.5) is 0 Å². The van der Waals surface area contributed by atoms with Crippen molar-refractivity contribution in [3.63, 3.8) is 0 Å². The van der Waals surface area contributed by atoms with Gasteiger partial charge in [-0.05, 0) is 31.2 Å². The minimum atomic E-state index is -3.43. The quantitative estimate of drug-likeness (QED) is 0.923. The molecule has 0 bridgehead atoms. The summed E-state index contributed by atoms with van der Waals surface area (Å²) in [6, 6.07) is 12.9. The van der Waals surface area contributed by atoms with Gasteiger partial charge in [0.25, 0.3) is 0 Å². The molecule has 3 nitrogen and oxygen atoms in total. The van der Waals surface area contributed by atoms with E-state index in [0.717, 1.165) is 23.6 Å². The van der Waals surface area contributed by atoms with Crippen LogP contribution in [0.1, 0.15) is 19.8 Å². The highest BCUT2D eigenvalue weighted by atomic mass is 32.2. The highest BCUT2D eigenvalue weighted by Gasteiger charge is 2.41. The maximum Gasteiger partial charge on any atom is 0.241 e. The van der Waals surface area contributed by atoms with Crippen LogP contribution in [-0.4, -0.2) is 14.0 Å². The Labute approximate surface area is 107 Å². The summed E-state index contributed by atoms with van der Waals surface area (Å²) in [5.41, 5.74) is -0.240. The van der Waals surface area contributed by atoms with Gasteiger partial charge in [-0.3, -0.25) is 0 Å². The van der Waals surface area contributed by atoms with Crippen LogP contribution in [0.15, 0.2) is 47.4 Å². The molecule has 94 valence electrons. The van der Waals surface area contributed by atoms with Crippen LogP contribution in [0.5, 0.6) is 0 Å². The van der Waals surface area contributed by atoms with E-state index in [-0.39, 0.29) is 5.54 Å². The molecule has 1 aliphatic carbocycles. The van der Waals surface area contributed by atoms with Crippen molar-refractivity contribution in [1.29, 1.82) is 0 Å². The van der Waals surface area contributed by atoms with Crippen LogP contribution >= 0.6 is 0 Å². The Morgan fingerprint density at radius 2 is 1.72 bits per heavy atom. The molecule has 4 heteroatoms. The van der Waals surface area contributed by atoms with Crippen molar-refractivity contribution < 1.29 is 8.42 Å². The number of hydrogen-bond donors (Lipinski definition) is 1. The number of fused-ring (bicyclic) bond motifs is 1. The number of sulfonamides is 1. The molecule has 0 aliphatic heterocycles. The molecule has 0 saturated heterocycles. The SMILES string of the molecule is CC1(NS(=O)(=O)c2cccc3ccccc23)CC1. The van der Waals surface area contributed by atoms with Gasteiger partial charge in [-0.25, -0.2) is 13.1 Å². The summed E-state index contributed by atoms with van der Waals surface area (Å²) in [7, 11) is -3.43. The molecule has 0 radical (unpaired) electrons. The first-order valence-corrected chi connectivity index (χ1v) is 7.50. The first-order valence-electron chi connectivity index (χ1n) is 6.02. The highest BCUT2D eigenvalue weighted by molar-refractivity contribution is 7.89. The molecule has 2 aromatic carbocycles. The van der Waals surface area contributed by atoms with Gasteiger partial charge in [0.15, 0.2) is 0 Å². The molecule has 18 heavy (non-hydrogen) atoms. The second-order valence-corrected chi connectivity index (χ2v) is 6.79. The van der Waals surface area contributed by atoms with Crippen molar-refractivity contribution in [2.75, 3.05) is 0 Å². The Morgan fingerprint density at radius 3 is 2.44 bits per heavy atom. The molecule has 0 heterocycles. The average molecular weight is 261 g/mol. The topological polar surface area (TPSA) is 46.2 Å². The molecule has 3 rings (SSSR count). The van der Waals surface area contributed by atoms with Crippen LogP contribution in [-0.2, 0) is 10.0 Å². The Bertz CT molecular complexity index is 697. The fourth-order valence-corrected chi connectivity index (χ4v) is 3.79. The summed E-state index contributed by atoms with van der Waals surface area (Å²) in [5, 5.41) is 1.72. The lowest BCUT2D eigenvalue weighted by Gasteiger charge is -2.13. The third-order valence-electron chi connectivity index (χ3n) is 3.42. The van der Waals surface area contributed by atoms with Crippen molar-refractivity contribution in [3.05, 3.63) is 42.5 Å². The zero-order chi connectivity index (χ0) is 12.8. The van der Waals surface area contributed by atoms with Gasteiger partial charge in [-0.2, -0.15) is 0 Å². The molecule has 1 aliphatic rings. The van der Waals surface area contributed by atoms with Gasteiger partial charge < -0.3 is 0 Å². The maximum atomic E-state index is 12.4. The molecular weight excluding hydrogens is 246 g/mol. The molecule has 2 aromatic rings. The fourth-order valence-electron chi connectivity index (χ4n) is 2.10. The van der Waals surface area contributed by atoms with E-state index in [1.165, 1.54) is 0 Å². The van der Waals surface area contributed by atoms with Crippen LogP contribution in [0, 0.1) is 0 Å². The largest absolute Gasteiger partial charge is 0.241 e. The van der Waals surface area contributed by atoms with E-state index in [0.29, 0.717) is 4.90 Å². The third kappa shape index (κ3) is 2.02. The lowest BCUT2D eigenvalue weighted by atomic mass is 10.1. The van der Waals surface area contributed by atoms with Crippen LogP contribution < -0.4 is 4.72 Å². The van der Waals surface area contributed by atoms with E-state index in [1.807, 2.05) is 37.3 Å². The van der Waals surface area contributed by atoms with E-state index >= 15 is 0 Å². The van der Waals surface area contributed by atoms with Gasteiger partial charge >= 0.3 is 0 Å². The third-order valence-corrected chi connectivity index (χ3v) is 5.12. The Hall–Kier alpha value is -1.39. The summed E-state index contributed by atoms with van der Waals surface area (Å²) in [4.78, 5) is 0.369. The zero-order valence-corrected chi connectivity index (χ0v) is 11.0. The number of benzene rings is 2. The molecule has 1 saturated carbocycles. The number of nitrogens with one attached hydrogen (secondary N) is 1. The lowest BCUT2D eigenvalue weighted by Crippen LogP contribution is -2.34. The molecule has 0 spiro atoms. The van der Waals surface area contributed by atoms with E-state index in [1.54, 1.807) is 12.1 Å². The summed E-state index contributed by atoms with van der Waals surface area (Å²) in [6.45, 7) is 1.94. The van der Waals surface area contributed by atoms with E-state index in [4.69, 9.17) is 0 Å². The fraction of sp³-hybridized carbons (Fsp3) is 0.286. The van der Waals surface area contributed by atoms with Gasteiger partial charge in [-0.1, -0.05) is 36.4 Å². The van der Waals surface area contributed by atoms with E-state index in [2.05, 4.69) is 4.72 Å². The van der Waals surface area contributed by atoms with Gasteiger partial charge in [0.1, 0.15) is 0 Å². The lowest BCUT2D eigenvalue weighted by molar-refractivity contribution is 0.559. The normalized spacial score (nSPS) is 17.8. The van der Waals surface area contributed by atoms with Crippen molar-refractivity contribution in [3.8, 4) is 0 Å². The van der Waals surface area contributed by atoms with Gasteiger partial charge in [0, 0.05) is 10.9 Å². The van der Waals surface area contributed by atoms with Gasteiger partial charge in [0.05, 0.1) is 4.90 Å². The molecule has 1 N–H and O–H groups in total. The highest BCUT2D eigenvalue weighted by Crippen LogP contribution is 2.36. The second kappa shape index (κ2) is 3.80. The second-order valence-electron chi connectivity index (χ2n) is 5.14. The first-order chi connectivity index (χ1) is 8.50.